The van der Waals surface area contributed by atoms with Crippen molar-refractivity contribution in [3.63, 3.8) is 0 Å². The highest BCUT2D eigenvalue weighted by Gasteiger charge is 2.32. The van der Waals surface area contributed by atoms with Crippen LogP contribution in [0.2, 0.25) is 0 Å². The van der Waals surface area contributed by atoms with Crippen LogP contribution in [0.5, 0.6) is 0 Å². The molecule has 1 fully saturated rings. The smallest absolute Gasteiger partial charge is 0.247 e. The summed E-state index contributed by atoms with van der Waals surface area (Å²) in [7, 11) is 0. The summed E-state index contributed by atoms with van der Waals surface area (Å²) in [5.41, 5.74) is 1.46. The number of carbonyl (C=O) groups excluding carboxylic acids is 2. The minimum absolute atomic E-state index is 0.0904. The molecule has 1 atom stereocenters. The van der Waals surface area contributed by atoms with E-state index in [4.69, 9.17) is 11.6 Å². The van der Waals surface area contributed by atoms with Gasteiger partial charge in [-0.05, 0) is 36.1 Å². The third-order valence-corrected chi connectivity index (χ3v) is 5.81. The van der Waals surface area contributed by atoms with Gasteiger partial charge in [-0.2, -0.15) is 0 Å². The fraction of sp³-hybridized carbons (Fsp3) is 0.417. The van der Waals surface area contributed by atoms with Crippen LogP contribution in [0.1, 0.15) is 55.7 Å². The number of hydrogen-bond acceptors (Lipinski definition) is 2. The molecule has 1 aliphatic rings. The van der Waals surface area contributed by atoms with Crippen molar-refractivity contribution >= 4 is 23.4 Å². The summed E-state index contributed by atoms with van der Waals surface area (Å²) in [6.45, 7) is 0.243. The second-order valence-corrected chi connectivity index (χ2v) is 8.06. The lowest BCUT2D eigenvalue weighted by Crippen LogP contribution is -2.46. The largest absolute Gasteiger partial charge is 0.351 e. The number of benzene rings is 2. The van der Waals surface area contributed by atoms with Crippen LogP contribution < -0.4 is 5.32 Å². The first-order valence-electron chi connectivity index (χ1n) is 10.5. The Balaban J connectivity index is 1.91. The molecule has 3 rings (SSSR count). The van der Waals surface area contributed by atoms with E-state index in [1.54, 1.807) is 12.1 Å². The highest BCUT2D eigenvalue weighted by atomic mass is 35.5. The first-order valence-corrected chi connectivity index (χ1v) is 11.1. The fourth-order valence-electron chi connectivity index (χ4n) is 4.00. The monoisotopic (exact) mass is 430 g/mol. The summed E-state index contributed by atoms with van der Waals surface area (Å²) in [4.78, 5) is 27.7. The van der Waals surface area contributed by atoms with Crippen molar-refractivity contribution < 1.29 is 14.0 Å². The zero-order valence-electron chi connectivity index (χ0n) is 17.0. The average Bonchev–Trinajstić information content (AvgIpc) is 3.03. The van der Waals surface area contributed by atoms with E-state index in [9.17, 15) is 14.0 Å². The molecule has 0 aliphatic heterocycles. The first-order chi connectivity index (χ1) is 14.6. The molecule has 160 valence electrons. The van der Waals surface area contributed by atoms with Gasteiger partial charge in [0.15, 0.2) is 0 Å². The summed E-state index contributed by atoms with van der Waals surface area (Å²) in [5.74, 6) is -1.21. The molecule has 0 aromatic heterocycles. The van der Waals surface area contributed by atoms with Crippen LogP contribution >= 0.6 is 11.6 Å². The second-order valence-electron chi connectivity index (χ2n) is 7.79. The number of carbonyl (C=O) groups is 2. The predicted molar refractivity (Wildman–Crippen MR) is 116 cm³/mol. The van der Waals surface area contributed by atoms with Crippen LogP contribution in [0.15, 0.2) is 54.6 Å². The van der Waals surface area contributed by atoms with E-state index < -0.39 is 6.04 Å². The van der Waals surface area contributed by atoms with Crippen LogP contribution in [-0.2, 0) is 16.1 Å². The van der Waals surface area contributed by atoms with Crippen LogP contribution in [0.25, 0.3) is 0 Å². The molecule has 1 saturated carbocycles. The molecule has 1 N–H and O–H groups in total. The molecule has 2 aromatic rings. The summed E-state index contributed by atoms with van der Waals surface area (Å²) in [5, 5.41) is 3.15. The van der Waals surface area contributed by atoms with Crippen molar-refractivity contribution in [2.24, 2.45) is 0 Å². The molecule has 2 amide bonds. The number of hydrogen-bond donors (Lipinski definition) is 1. The van der Waals surface area contributed by atoms with E-state index in [-0.39, 0.29) is 36.1 Å². The maximum atomic E-state index is 13.5. The SMILES string of the molecule is O=C(NC1CCCCCC1)[C@@H](c1ccc(F)cc1)N(Cc1ccccc1)C(=O)CCl. The fourth-order valence-corrected chi connectivity index (χ4v) is 4.16. The molecule has 0 radical (unpaired) electrons. The summed E-state index contributed by atoms with van der Waals surface area (Å²) >= 11 is 5.90. The van der Waals surface area contributed by atoms with Gasteiger partial charge < -0.3 is 10.2 Å². The van der Waals surface area contributed by atoms with Gasteiger partial charge >= 0.3 is 0 Å². The summed E-state index contributed by atoms with van der Waals surface area (Å²) in [6.07, 6.45) is 6.40. The van der Waals surface area contributed by atoms with E-state index in [1.807, 2.05) is 30.3 Å². The van der Waals surface area contributed by atoms with Crippen LogP contribution in [-0.4, -0.2) is 28.6 Å². The molecule has 0 bridgehead atoms. The normalized spacial score (nSPS) is 15.8. The van der Waals surface area contributed by atoms with Crippen LogP contribution in [0.4, 0.5) is 4.39 Å². The van der Waals surface area contributed by atoms with E-state index in [2.05, 4.69) is 5.32 Å². The number of halogens is 2. The standard InChI is InChI=1S/C24H28ClFN2O2/c25-16-22(29)28(17-18-8-4-3-5-9-18)23(19-12-14-20(26)15-13-19)24(30)27-21-10-6-1-2-7-11-21/h3-5,8-9,12-15,21,23H,1-2,6-7,10-11,16-17H2,(H,27,30)/t23-/m1/s1. The Morgan fingerprint density at radius 2 is 1.63 bits per heavy atom. The molecule has 0 spiro atoms. The third-order valence-electron chi connectivity index (χ3n) is 5.58. The Kier molecular flexibility index (Phi) is 8.26. The van der Waals surface area contributed by atoms with E-state index in [1.165, 1.54) is 29.9 Å². The molecule has 6 heteroatoms. The van der Waals surface area contributed by atoms with Crippen molar-refractivity contribution in [3.05, 3.63) is 71.5 Å². The lowest BCUT2D eigenvalue weighted by Gasteiger charge is -2.32. The molecule has 2 aromatic carbocycles. The van der Waals surface area contributed by atoms with Gasteiger partial charge in [0.1, 0.15) is 17.7 Å². The van der Waals surface area contributed by atoms with Gasteiger partial charge in [-0.15, -0.1) is 11.6 Å². The maximum absolute atomic E-state index is 13.5. The van der Waals surface area contributed by atoms with Crippen LogP contribution in [0, 0.1) is 5.82 Å². The second kappa shape index (κ2) is 11.1. The molecule has 0 heterocycles. The number of amides is 2. The maximum Gasteiger partial charge on any atom is 0.247 e. The van der Waals surface area contributed by atoms with Gasteiger partial charge in [-0.25, -0.2) is 4.39 Å². The topological polar surface area (TPSA) is 49.4 Å². The first kappa shape index (κ1) is 22.3. The summed E-state index contributed by atoms with van der Waals surface area (Å²) in [6, 6.07) is 14.4. The molecular formula is C24H28ClFN2O2. The lowest BCUT2D eigenvalue weighted by molar-refractivity contribution is -0.140. The average molecular weight is 431 g/mol. The highest BCUT2D eigenvalue weighted by molar-refractivity contribution is 6.27. The van der Waals surface area contributed by atoms with Gasteiger partial charge in [0, 0.05) is 12.6 Å². The van der Waals surface area contributed by atoms with Crippen molar-refractivity contribution in [1.82, 2.24) is 10.2 Å². The van der Waals surface area contributed by atoms with Crippen LogP contribution in [0.3, 0.4) is 0 Å². The Morgan fingerprint density at radius 1 is 1.00 bits per heavy atom. The van der Waals surface area contributed by atoms with E-state index >= 15 is 0 Å². The molecule has 0 unspecified atom stereocenters. The Morgan fingerprint density at radius 3 is 2.23 bits per heavy atom. The number of nitrogens with zero attached hydrogens (tertiary/aromatic N) is 1. The Hall–Kier alpha value is -2.40. The minimum atomic E-state index is -0.875. The minimum Gasteiger partial charge on any atom is -0.351 e. The zero-order valence-corrected chi connectivity index (χ0v) is 17.8. The quantitative estimate of drug-likeness (QED) is 0.497. The number of rotatable bonds is 7. The molecule has 1 aliphatic carbocycles. The van der Waals surface area contributed by atoms with Gasteiger partial charge in [0.25, 0.3) is 0 Å². The lowest BCUT2D eigenvalue weighted by atomic mass is 10.0. The van der Waals surface area contributed by atoms with E-state index in [0.29, 0.717) is 5.56 Å². The van der Waals surface area contributed by atoms with Crippen molar-refractivity contribution in [1.29, 1.82) is 0 Å². The van der Waals surface area contributed by atoms with Gasteiger partial charge in [-0.3, -0.25) is 9.59 Å². The Labute approximate surface area is 182 Å². The summed E-state index contributed by atoms with van der Waals surface area (Å²) < 4.78 is 13.5. The predicted octanol–water partition coefficient (Wildman–Crippen LogP) is 4.97. The third kappa shape index (κ3) is 6.05. The van der Waals surface area contributed by atoms with Gasteiger partial charge in [0.05, 0.1) is 0 Å². The number of nitrogens with one attached hydrogen (secondary N) is 1. The molecule has 0 saturated heterocycles. The van der Waals surface area contributed by atoms with Crippen molar-refractivity contribution in [3.8, 4) is 0 Å². The molecule has 30 heavy (non-hydrogen) atoms. The van der Waals surface area contributed by atoms with Crippen molar-refractivity contribution in [2.75, 3.05) is 5.88 Å². The zero-order chi connectivity index (χ0) is 21.3. The molecular weight excluding hydrogens is 403 g/mol. The number of alkyl halides is 1. The Bertz CT molecular complexity index is 821. The highest BCUT2D eigenvalue weighted by Crippen LogP contribution is 2.26. The molecule has 4 nitrogen and oxygen atoms in total. The van der Waals surface area contributed by atoms with Gasteiger partial charge in [-0.1, -0.05) is 68.1 Å². The van der Waals surface area contributed by atoms with E-state index in [0.717, 1.165) is 31.2 Å². The van der Waals surface area contributed by atoms with Crippen molar-refractivity contribution in [2.45, 2.75) is 57.2 Å². The van der Waals surface area contributed by atoms with Gasteiger partial charge in [0.2, 0.25) is 11.8 Å².